The van der Waals surface area contributed by atoms with E-state index in [4.69, 9.17) is 0 Å². The Kier molecular flexibility index (Phi) is 6.22. The first-order valence-electron chi connectivity index (χ1n) is 13.0. The highest BCUT2D eigenvalue weighted by molar-refractivity contribution is 5.98. The molecule has 1 aliphatic heterocycles. The Morgan fingerprint density at radius 2 is 1.59 bits per heavy atom. The highest BCUT2D eigenvalue weighted by Gasteiger charge is 2.29. The fourth-order valence-corrected chi connectivity index (χ4v) is 4.87. The predicted octanol–water partition coefficient (Wildman–Crippen LogP) is 4.76. The van der Waals surface area contributed by atoms with Crippen molar-refractivity contribution in [3.05, 3.63) is 84.1 Å². The SMILES string of the molecule is O=C(Cc1ccc2nn(-c3ccc(NC(=O)C4CC4)cc3)cc2c1)c1ccc(N2CCC(O)CC2)cc1. The van der Waals surface area contributed by atoms with E-state index in [1.165, 1.54) is 0 Å². The van der Waals surface area contributed by atoms with Crippen molar-refractivity contribution in [2.45, 2.75) is 38.2 Å². The van der Waals surface area contributed by atoms with E-state index in [1.807, 2.05) is 77.6 Å². The summed E-state index contributed by atoms with van der Waals surface area (Å²) in [6.45, 7) is 1.67. The summed E-state index contributed by atoms with van der Waals surface area (Å²) in [7, 11) is 0. The number of rotatable bonds is 7. The van der Waals surface area contributed by atoms with Crippen LogP contribution in [0.5, 0.6) is 0 Å². The highest BCUT2D eigenvalue weighted by Crippen LogP contribution is 2.30. The molecule has 0 unspecified atom stereocenters. The van der Waals surface area contributed by atoms with Crippen LogP contribution in [0.1, 0.15) is 41.6 Å². The van der Waals surface area contributed by atoms with E-state index in [1.54, 1.807) is 0 Å². The third-order valence-corrected chi connectivity index (χ3v) is 7.30. The predicted molar refractivity (Wildman–Crippen MR) is 144 cm³/mol. The van der Waals surface area contributed by atoms with Crippen molar-refractivity contribution in [2.24, 2.45) is 5.92 Å². The number of nitrogens with zero attached hydrogens (tertiary/aromatic N) is 3. The molecule has 0 spiro atoms. The molecule has 6 rings (SSSR count). The van der Waals surface area contributed by atoms with Crippen LogP contribution in [0.4, 0.5) is 11.4 Å². The molecule has 1 amide bonds. The molecule has 2 N–H and O–H groups in total. The van der Waals surface area contributed by atoms with Crippen molar-refractivity contribution in [1.29, 1.82) is 0 Å². The van der Waals surface area contributed by atoms with E-state index in [9.17, 15) is 14.7 Å². The maximum Gasteiger partial charge on any atom is 0.227 e. The van der Waals surface area contributed by atoms with Crippen LogP contribution >= 0.6 is 0 Å². The van der Waals surface area contributed by atoms with Crippen molar-refractivity contribution in [3.63, 3.8) is 0 Å². The van der Waals surface area contributed by atoms with E-state index in [0.29, 0.717) is 12.0 Å². The van der Waals surface area contributed by atoms with E-state index in [0.717, 1.165) is 72.3 Å². The van der Waals surface area contributed by atoms with Gasteiger partial charge in [0, 0.05) is 53.9 Å². The van der Waals surface area contributed by atoms with Crippen LogP contribution in [0, 0.1) is 5.92 Å². The normalized spacial score (nSPS) is 16.2. The molecule has 2 fully saturated rings. The summed E-state index contributed by atoms with van der Waals surface area (Å²) in [5, 5.41) is 18.3. The molecule has 3 aromatic carbocycles. The van der Waals surface area contributed by atoms with E-state index in [2.05, 4.69) is 15.3 Å². The second kappa shape index (κ2) is 9.82. The number of piperidine rings is 1. The van der Waals surface area contributed by atoms with Crippen LogP contribution in [0.2, 0.25) is 0 Å². The number of Topliss-reactive ketones (excluding diaryl/α,β-unsaturated/α-hetero) is 1. The van der Waals surface area contributed by atoms with E-state index >= 15 is 0 Å². The summed E-state index contributed by atoms with van der Waals surface area (Å²) < 4.78 is 1.82. The van der Waals surface area contributed by atoms with Crippen LogP contribution in [-0.2, 0) is 11.2 Å². The standard InChI is InChI=1S/C30H30N4O3/c35-27-13-15-33(16-14-27)25-8-4-21(5-9-25)29(36)18-20-1-12-28-23(17-20)19-34(32-28)26-10-6-24(7-11-26)31-30(37)22-2-3-22/h1,4-12,17,19,22,27,35H,2-3,13-16,18H2,(H,31,37). The van der Waals surface area contributed by atoms with Gasteiger partial charge in [-0.25, -0.2) is 4.68 Å². The molecule has 2 aliphatic rings. The number of hydrogen-bond donors (Lipinski definition) is 2. The second-order valence-corrected chi connectivity index (χ2v) is 10.1. The summed E-state index contributed by atoms with van der Waals surface area (Å²) in [5.41, 5.74) is 5.30. The van der Waals surface area contributed by atoms with Gasteiger partial charge in [0.15, 0.2) is 5.78 Å². The topological polar surface area (TPSA) is 87.5 Å². The maximum atomic E-state index is 13.0. The molecule has 1 saturated heterocycles. The van der Waals surface area contributed by atoms with Gasteiger partial charge in [0.2, 0.25) is 5.91 Å². The van der Waals surface area contributed by atoms with Gasteiger partial charge in [0.1, 0.15) is 0 Å². The molecule has 0 radical (unpaired) electrons. The summed E-state index contributed by atoms with van der Waals surface area (Å²) in [5.74, 6) is 0.349. The van der Waals surface area contributed by atoms with Crippen molar-refractivity contribution in [1.82, 2.24) is 9.78 Å². The lowest BCUT2D eigenvalue weighted by Crippen LogP contribution is -2.35. The molecule has 37 heavy (non-hydrogen) atoms. The van der Waals surface area contributed by atoms with Crippen molar-refractivity contribution in [3.8, 4) is 5.69 Å². The number of aliphatic hydroxyl groups is 1. The van der Waals surface area contributed by atoms with Crippen LogP contribution in [-0.4, -0.2) is 45.8 Å². The maximum absolute atomic E-state index is 13.0. The first kappa shape index (κ1) is 23.4. The van der Waals surface area contributed by atoms with Gasteiger partial charge in [-0.3, -0.25) is 9.59 Å². The van der Waals surface area contributed by atoms with Gasteiger partial charge in [-0.15, -0.1) is 0 Å². The largest absolute Gasteiger partial charge is 0.393 e. The number of anilines is 2. The summed E-state index contributed by atoms with van der Waals surface area (Å²) >= 11 is 0. The van der Waals surface area contributed by atoms with Gasteiger partial charge in [0.05, 0.1) is 17.3 Å². The van der Waals surface area contributed by atoms with Crippen molar-refractivity contribution >= 4 is 34.0 Å². The van der Waals surface area contributed by atoms with Gasteiger partial charge in [-0.1, -0.05) is 6.07 Å². The van der Waals surface area contributed by atoms with Crippen LogP contribution < -0.4 is 10.2 Å². The Labute approximate surface area is 215 Å². The lowest BCUT2D eigenvalue weighted by Gasteiger charge is -2.31. The molecule has 1 aromatic heterocycles. The number of ketones is 1. The number of hydrogen-bond acceptors (Lipinski definition) is 5. The zero-order valence-electron chi connectivity index (χ0n) is 20.6. The quantitative estimate of drug-likeness (QED) is 0.362. The van der Waals surface area contributed by atoms with Gasteiger partial charge in [0.25, 0.3) is 0 Å². The Morgan fingerprint density at radius 1 is 0.892 bits per heavy atom. The number of aromatic nitrogens is 2. The van der Waals surface area contributed by atoms with Crippen molar-refractivity contribution in [2.75, 3.05) is 23.3 Å². The molecular weight excluding hydrogens is 464 g/mol. The molecule has 7 nitrogen and oxygen atoms in total. The van der Waals surface area contributed by atoms with Crippen LogP contribution in [0.25, 0.3) is 16.6 Å². The van der Waals surface area contributed by atoms with Crippen LogP contribution in [0.3, 0.4) is 0 Å². The first-order chi connectivity index (χ1) is 18.0. The first-order valence-corrected chi connectivity index (χ1v) is 13.0. The average Bonchev–Trinajstić information content (AvgIpc) is 3.69. The fourth-order valence-electron chi connectivity index (χ4n) is 4.87. The number of benzene rings is 3. The number of amides is 1. The smallest absolute Gasteiger partial charge is 0.227 e. The molecule has 7 heteroatoms. The molecular formula is C30H30N4O3. The van der Waals surface area contributed by atoms with E-state index < -0.39 is 0 Å². The number of nitrogens with one attached hydrogen (secondary N) is 1. The minimum absolute atomic E-state index is 0.0798. The Bertz CT molecular complexity index is 1430. The average molecular weight is 495 g/mol. The molecule has 2 heterocycles. The zero-order chi connectivity index (χ0) is 25.4. The Balaban J connectivity index is 1.12. The number of carbonyl (C=O) groups is 2. The molecule has 0 bridgehead atoms. The van der Waals surface area contributed by atoms with Gasteiger partial charge < -0.3 is 15.3 Å². The highest BCUT2D eigenvalue weighted by atomic mass is 16.3. The van der Waals surface area contributed by atoms with Gasteiger partial charge in [-0.05, 0) is 91.9 Å². The molecule has 1 aliphatic carbocycles. The zero-order valence-corrected chi connectivity index (χ0v) is 20.6. The monoisotopic (exact) mass is 494 g/mol. The third kappa shape index (κ3) is 5.27. The van der Waals surface area contributed by atoms with E-state index in [-0.39, 0.29) is 23.7 Å². The minimum atomic E-state index is -0.201. The molecule has 0 atom stereocenters. The molecule has 1 saturated carbocycles. The Morgan fingerprint density at radius 3 is 2.30 bits per heavy atom. The van der Waals surface area contributed by atoms with Gasteiger partial charge in [-0.2, -0.15) is 5.10 Å². The number of fused-ring (bicyclic) bond motifs is 1. The second-order valence-electron chi connectivity index (χ2n) is 10.1. The fraction of sp³-hybridized carbons (Fsp3) is 0.300. The lowest BCUT2D eigenvalue weighted by atomic mass is 10.0. The number of aliphatic hydroxyl groups excluding tert-OH is 1. The van der Waals surface area contributed by atoms with Crippen LogP contribution in [0.15, 0.2) is 72.9 Å². The summed E-state index contributed by atoms with van der Waals surface area (Å²) in [4.78, 5) is 27.2. The Hall–Kier alpha value is -3.97. The molecule has 4 aromatic rings. The van der Waals surface area contributed by atoms with Crippen molar-refractivity contribution < 1.29 is 14.7 Å². The summed E-state index contributed by atoms with van der Waals surface area (Å²) in [6, 6.07) is 21.4. The molecule has 188 valence electrons. The minimum Gasteiger partial charge on any atom is -0.393 e. The summed E-state index contributed by atoms with van der Waals surface area (Å²) in [6.07, 6.45) is 5.61. The number of carbonyl (C=O) groups excluding carboxylic acids is 2. The third-order valence-electron chi connectivity index (χ3n) is 7.30. The lowest BCUT2D eigenvalue weighted by molar-refractivity contribution is -0.117. The van der Waals surface area contributed by atoms with Gasteiger partial charge >= 0.3 is 0 Å².